The van der Waals surface area contributed by atoms with Crippen LogP contribution in [-0.4, -0.2) is 39.7 Å². The summed E-state index contributed by atoms with van der Waals surface area (Å²) in [5.41, 5.74) is 4.79. The van der Waals surface area contributed by atoms with E-state index in [0.29, 0.717) is 0 Å². The summed E-state index contributed by atoms with van der Waals surface area (Å²) in [6, 6.07) is 20.6. The van der Waals surface area contributed by atoms with Crippen LogP contribution >= 0.6 is 11.8 Å². The summed E-state index contributed by atoms with van der Waals surface area (Å²) in [5.74, 6) is 1.00. The van der Waals surface area contributed by atoms with Crippen LogP contribution in [0.2, 0.25) is 0 Å². The van der Waals surface area contributed by atoms with Gasteiger partial charge in [-0.25, -0.2) is 4.98 Å². The number of hydrogen-bond donors (Lipinski definition) is 0. The van der Waals surface area contributed by atoms with Crippen molar-refractivity contribution in [2.75, 3.05) is 20.4 Å². The van der Waals surface area contributed by atoms with Gasteiger partial charge in [-0.2, -0.15) is 0 Å². The molecule has 5 heteroatoms. The van der Waals surface area contributed by atoms with Crippen molar-refractivity contribution in [3.8, 4) is 11.3 Å². The minimum absolute atomic E-state index is 1.00. The van der Waals surface area contributed by atoms with Crippen LogP contribution in [0.15, 0.2) is 90.6 Å². The van der Waals surface area contributed by atoms with E-state index in [1.807, 2.05) is 74.9 Å². The lowest BCUT2D eigenvalue weighted by Crippen LogP contribution is -2.16. The van der Waals surface area contributed by atoms with E-state index in [2.05, 4.69) is 51.5 Å². The molecule has 0 unspecified atom stereocenters. The average molecular weight is 391 g/mol. The Balaban J connectivity index is 0.000000161. The van der Waals surface area contributed by atoms with Crippen molar-refractivity contribution in [1.82, 2.24) is 19.4 Å². The fourth-order valence-electron chi connectivity index (χ4n) is 3.06. The third kappa shape index (κ3) is 4.15. The van der Waals surface area contributed by atoms with Crippen LogP contribution in [0, 0.1) is 0 Å². The molecule has 4 nitrogen and oxygen atoms in total. The fourth-order valence-corrected chi connectivity index (χ4v) is 3.59. The Morgan fingerprint density at radius 1 is 0.857 bits per heavy atom. The summed E-state index contributed by atoms with van der Waals surface area (Å²) in [4.78, 5) is 8.46. The quantitative estimate of drug-likeness (QED) is 0.578. The zero-order valence-electron chi connectivity index (χ0n) is 16.8. The number of imidazole rings is 1. The maximum atomic E-state index is 4.34. The molecule has 0 fully saturated rings. The van der Waals surface area contributed by atoms with Gasteiger partial charge in [-0.05, 0) is 17.4 Å². The summed E-state index contributed by atoms with van der Waals surface area (Å²) < 4.78 is 2.11. The second kappa shape index (κ2) is 8.85. The Morgan fingerprint density at radius 2 is 1.43 bits per heavy atom. The minimum atomic E-state index is 1.00. The monoisotopic (exact) mass is 390 g/mol. The fraction of sp³-hybridized carbons (Fsp3) is 0.174. The van der Waals surface area contributed by atoms with Gasteiger partial charge in [0.25, 0.3) is 0 Å². The lowest BCUT2D eigenvalue weighted by atomic mass is 10.1. The van der Waals surface area contributed by atoms with Gasteiger partial charge < -0.3 is 14.4 Å². The van der Waals surface area contributed by atoms with Crippen LogP contribution in [0.1, 0.15) is 5.56 Å². The highest BCUT2D eigenvalue weighted by atomic mass is 32.2. The summed E-state index contributed by atoms with van der Waals surface area (Å²) in [5, 5.41) is 1.05. The van der Waals surface area contributed by atoms with Crippen molar-refractivity contribution in [2.45, 2.75) is 5.16 Å². The molecule has 0 N–H and O–H groups in total. The van der Waals surface area contributed by atoms with E-state index in [0.717, 1.165) is 16.7 Å². The molecule has 144 valence electrons. The first-order valence-electron chi connectivity index (χ1n) is 9.06. The molecule has 1 aliphatic rings. The van der Waals surface area contributed by atoms with Crippen LogP contribution in [0.5, 0.6) is 0 Å². The van der Waals surface area contributed by atoms with Gasteiger partial charge in [0.1, 0.15) is 5.82 Å². The zero-order chi connectivity index (χ0) is 20.1. The van der Waals surface area contributed by atoms with E-state index in [9.17, 15) is 0 Å². The number of thioether (sulfide) groups is 1. The van der Waals surface area contributed by atoms with Gasteiger partial charge in [0, 0.05) is 27.3 Å². The van der Waals surface area contributed by atoms with Gasteiger partial charge in [-0.15, -0.1) is 0 Å². The van der Waals surface area contributed by atoms with Crippen LogP contribution < -0.4 is 0 Å². The molecule has 0 atom stereocenters. The summed E-state index contributed by atoms with van der Waals surface area (Å²) in [7, 11) is 6.08. The third-order valence-electron chi connectivity index (χ3n) is 4.74. The molecule has 3 aromatic rings. The average Bonchev–Trinajstić information content (AvgIpc) is 3.24. The Labute approximate surface area is 171 Å². The van der Waals surface area contributed by atoms with Crippen molar-refractivity contribution in [3.63, 3.8) is 0 Å². The van der Waals surface area contributed by atoms with Crippen molar-refractivity contribution in [3.05, 3.63) is 91.0 Å². The highest BCUT2D eigenvalue weighted by Crippen LogP contribution is 2.28. The van der Waals surface area contributed by atoms with Crippen molar-refractivity contribution < 1.29 is 0 Å². The van der Waals surface area contributed by atoms with Crippen molar-refractivity contribution >= 4 is 17.5 Å². The molecule has 0 bridgehead atoms. The smallest absolute Gasteiger partial charge is 0.167 e. The largest absolute Gasteiger partial charge is 0.336 e. The van der Waals surface area contributed by atoms with Gasteiger partial charge in [0.05, 0.1) is 17.6 Å². The van der Waals surface area contributed by atoms with Crippen LogP contribution in [0.3, 0.4) is 0 Å². The van der Waals surface area contributed by atoms with Crippen LogP contribution in [0.4, 0.5) is 0 Å². The number of aromatic nitrogens is 2. The molecule has 28 heavy (non-hydrogen) atoms. The minimum Gasteiger partial charge on any atom is -0.336 e. The Hall–Kier alpha value is -2.92. The van der Waals surface area contributed by atoms with Crippen LogP contribution in [-0.2, 0) is 7.05 Å². The van der Waals surface area contributed by atoms with Crippen molar-refractivity contribution in [2.24, 2.45) is 7.05 Å². The maximum absolute atomic E-state index is 4.34. The maximum Gasteiger partial charge on any atom is 0.167 e. The van der Waals surface area contributed by atoms with E-state index >= 15 is 0 Å². The molecule has 4 rings (SSSR count). The van der Waals surface area contributed by atoms with Gasteiger partial charge in [-0.3, -0.25) is 0 Å². The van der Waals surface area contributed by atoms with Gasteiger partial charge in [0.2, 0.25) is 0 Å². The summed E-state index contributed by atoms with van der Waals surface area (Å²) >= 11 is 1.66. The predicted octanol–water partition coefficient (Wildman–Crippen LogP) is 5.14. The highest BCUT2D eigenvalue weighted by Gasteiger charge is 2.19. The number of benzene rings is 2. The lowest BCUT2D eigenvalue weighted by Gasteiger charge is -2.19. The molecule has 0 spiro atoms. The van der Waals surface area contributed by atoms with Crippen molar-refractivity contribution in [1.29, 1.82) is 0 Å². The first kappa shape index (κ1) is 19.8. The molecule has 1 aromatic heterocycles. The zero-order valence-corrected chi connectivity index (χ0v) is 17.6. The van der Waals surface area contributed by atoms with E-state index in [1.54, 1.807) is 11.8 Å². The summed E-state index contributed by atoms with van der Waals surface area (Å²) in [6.07, 6.45) is 6.05. The topological polar surface area (TPSA) is 24.3 Å². The molecule has 0 aliphatic carbocycles. The van der Waals surface area contributed by atoms with E-state index in [4.69, 9.17) is 0 Å². The SMILES string of the molecule is C=C1N(C)C=C(c2ccccc2)N1C.CSc1ncc(-c2ccccc2)n1C. The predicted molar refractivity (Wildman–Crippen MR) is 120 cm³/mol. The number of rotatable bonds is 3. The first-order valence-corrected chi connectivity index (χ1v) is 10.3. The summed E-state index contributed by atoms with van der Waals surface area (Å²) in [6.45, 7) is 3.99. The number of hydrogen-bond acceptors (Lipinski definition) is 4. The van der Waals surface area contributed by atoms with Gasteiger partial charge >= 0.3 is 0 Å². The Kier molecular flexibility index (Phi) is 6.26. The second-order valence-electron chi connectivity index (χ2n) is 6.52. The molecular formula is C23H26N4S. The normalized spacial score (nSPS) is 13.3. The molecule has 2 aromatic carbocycles. The lowest BCUT2D eigenvalue weighted by molar-refractivity contribution is 0.458. The van der Waals surface area contributed by atoms with Gasteiger partial charge in [0.15, 0.2) is 5.16 Å². The molecule has 0 saturated carbocycles. The second-order valence-corrected chi connectivity index (χ2v) is 7.30. The standard InChI is InChI=1S/C12H14N2.C11H12N2S/c1-10-13(2)9-12(14(10)3)11-7-5-4-6-8-11;1-13-10(8-12-11(13)14-2)9-6-4-3-5-7-9/h4-9H,1H2,2-3H3;3-8H,1-2H3. The Bertz CT molecular complexity index is 961. The molecule has 2 heterocycles. The van der Waals surface area contributed by atoms with Gasteiger partial charge in [-0.1, -0.05) is 79.0 Å². The third-order valence-corrected chi connectivity index (χ3v) is 5.48. The molecular weight excluding hydrogens is 364 g/mol. The molecule has 1 aliphatic heterocycles. The molecule has 0 radical (unpaired) electrons. The first-order chi connectivity index (χ1) is 13.5. The Morgan fingerprint density at radius 3 is 1.89 bits per heavy atom. The van der Waals surface area contributed by atoms with Crippen LogP contribution in [0.25, 0.3) is 17.0 Å². The highest BCUT2D eigenvalue weighted by molar-refractivity contribution is 7.98. The molecule has 0 saturated heterocycles. The number of nitrogens with zero attached hydrogens (tertiary/aromatic N) is 4. The van der Waals surface area contributed by atoms with E-state index < -0.39 is 0 Å². The van der Waals surface area contributed by atoms with E-state index in [-0.39, 0.29) is 0 Å². The van der Waals surface area contributed by atoms with E-state index in [1.165, 1.54) is 16.8 Å². The molecule has 0 amide bonds.